The molecule has 0 aromatic rings. The summed E-state index contributed by atoms with van der Waals surface area (Å²) in [6, 6.07) is 0. The van der Waals surface area contributed by atoms with E-state index < -0.39 is 65.3 Å². The Hall–Kier alpha value is 0.776. The van der Waals surface area contributed by atoms with Gasteiger partial charge in [0.25, 0.3) is 0 Å². The number of unbranched alkanes of at least 4 members (excludes halogenated alkanes) is 14. The Kier molecular flexibility index (Phi) is 24.6. The molecular formula is C27H51KO11S. The number of aliphatic hydroxyl groups is 4. The molecular weight excluding hydrogens is 571 g/mol. The van der Waals surface area contributed by atoms with Gasteiger partial charge in [-0.05, 0) is 6.42 Å². The van der Waals surface area contributed by atoms with Gasteiger partial charge in [-0.1, -0.05) is 96.8 Å². The summed E-state index contributed by atoms with van der Waals surface area (Å²) in [6.07, 6.45) is 8.63. The van der Waals surface area contributed by atoms with E-state index >= 15 is 0 Å². The zero-order valence-corrected chi connectivity index (χ0v) is 28.4. The number of aliphatic hydroxyl groups excluding tert-OH is 4. The van der Waals surface area contributed by atoms with E-state index in [4.69, 9.17) is 14.2 Å². The summed E-state index contributed by atoms with van der Waals surface area (Å²) < 4.78 is 48.7. The van der Waals surface area contributed by atoms with Crippen LogP contribution in [0.1, 0.15) is 110 Å². The third kappa shape index (κ3) is 19.1. The van der Waals surface area contributed by atoms with Gasteiger partial charge in [-0.2, -0.15) is 0 Å². The van der Waals surface area contributed by atoms with Crippen LogP contribution in [0.25, 0.3) is 0 Å². The molecule has 0 radical (unpaired) electrons. The van der Waals surface area contributed by atoms with Gasteiger partial charge >= 0.3 is 57.4 Å². The molecule has 1 aliphatic heterocycles. The average molecular weight is 623 g/mol. The number of ether oxygens (including phenoxy) is 3. The molecule has 11 nitrogen and oxygen atoms in total. The molecule has 0 aromatic heterocycles. The van der Waals surface area contributed by atoms with Crippen LogP contribution in [0.15, 0.2) is 0 Å². The fourth-order valence-electron chi connectivity index (χ4n) is 4.59. The van der Waals surface area contributed by atoms with Gasteiger partial charge < -0.3 is 39.2 Å². The minimum Gasteiger partial charge on any atom is -0.748 e. The third-order valence-electron chi connectivity index (χ3n) is 6.98. The topological polar surface area (TPSA) is 183 Å². The van der Waals surface area contributed by atoms with Crippen molar-refractivity contribution in [1.29, 1.82) is 0 Å². The molecule has 1 heterocycles. The molecule has 0 spiro atoms. The zero-order chi connectivity index (χ0) is 29.1. The summed E-state index contributed by atoms with van der Waals surface area (Å²) >= 11 is 0. The van der Waals surface area contributed by atoms with Crippen molar-refractivity contribution in [2.24, 2.45) is 0 Å². The van der Waals surface area contributed by atoms with Crippen LogP contribution in [0.3, 0.4) is 0 Å². The molecule has 0 amide bonds. The van der Waals surface area contributed by atoms with Crippen molar-refractivity contribution in [3.8, 4) is 0 Å². The molecule has 0 aliphatic carbocycles. The zero-order valence-electron chi connectivity index (χ0n) is 24.5. The standard InChI is InChI=1S/C27H52O11S.K/c1-2-3-4-5-6-7-8-9-10-11-12-13-14-15-16-17-23(29)36-19-21(18-28)37-27-26(32)25(31)24(30)22(38-27)20-39(33,34)35;/h21-22,24-28,30-32H,2-20H2,1H3,(H,33,34,35);/q;+1/p-1/t21-,22+,24+,25-,26+,27+;/m0./s1. The minimum atomic E-state index is -4.80. The van der Waals surface area contributed by atoms with E-state index in [0.29, 0.717) is 6.42 Å². The molecule has 0 unspecified atom stereocenters. The van der Waals surface area contributed by atoms with Gasteiger partial charge in [0.05, 0.1) is 22.5 Å². The van der Waals surface area contributed by atoms with Crippen LogP contribution >= 0.6 is 0 Å². The fraction of sp³-hybridized carbons (Fsp3) is 0.963. The number of carbonyl (C=O) groups excluding carboxylic acids is 1. The van der Waals surface area contributed by atoms with Gasteiger partial charge in [-0.3, -0.25) is 4.79 Å². The number of hydrogen-bond acceptors (Lipinski definition) is 11. The van der Waals surface area contributed by atoms with Gasteiger partial charge in [-0.15, -0.1) is 0 Å². The van der Waals surface area contributed by atoms with Crippen molar-refractivity contribution in [2.75, 3.05) is 19.0 Å². The van der Waals surface area contributed by atoms with Gasteiger partial charge in [-0.25, -0.2) is 8.42 Å². The molecule has 0 saturated carbocycles. The molecule has 1 saturated heterocycles. The number of hydrogen-bond donors (Lipinski definition) is 4. The van der Waals surface area contributed by atoms with Crippen molar-refractivity contribution in [3.63, 3.8) is 0 Å². The van der Waals surface area contributed by atoms with Crippen molar-refractivity contribution in [2.45, 2.75) is 146 Å². The normalized spacial score (nSPS) is 23.9. The summed E-state index contributed by atoms with van der Waals surface area (Å²) in [5, 5.41) is 39.4. The Morgan fingerprint density at radius 2 is 1.30 bits per heavy atom. The quantitative estimate of drug-likeness (QED) is 0.0500. The second-order valence-corrected chi connectivity index (χ2v) is 12.0. The molecule has 40 heavy (non-hydrogen) atoms. The molecule has 1 rings (SSSR count). The molecule has 232 valence electrons. The van der Waals surface area contributed by atoms with Gasteiger partial charge in [0.2, 0.25) is 0 Å². The molecule has 1 aliphatic rings. The molecule has 4 N–H and O–H groups in total. The Bertz CT molecular complexity index is 740. The smallest absolute Gasteiger partial charge is 0.748 e. The maximum absolute atomic E-state index is 12.0. The van der Waals surface area contributed by atoms with E-state index in [0.717, 1.165) is 19.3 Å². The SMILES string of the molecule is CCCCCCCCCCCCCCCCCC(=O)OC[C@H](CO)O[C@@H]1O[C@H](CS(=O)(=O)[O-])[C@@H](O)[C@H](O)[C@H]1O.[K+]. The van der Waals surface area contributed by atoms with Gasteiger partial charge in [0, 0.05) is 6.42 Å². The molecule has 13 heteroatoms. The van der Waals surface area contributed by atoms with Crippen molar-refractivity contribution in [1.82, 2.24) is 0 Å². The van der Waals surface area contributed by atoms with Gasteiger partial charge in [0.15, 0.2) is 6.29 Å². The summed E-state index contributed by atoms with van der Waals surface area (Å²) in [6.45, 7) is 1.26. The largest absolute Gasteiger partial charge is 1.00 e. The summed E-state index contributed by atoms with van der Waals surface area (Å²) in [5.41, 5.74) is 0. The third-order valence-corrected chi connectivity index (χ3v) is 7.72. The van der Waals surface area contributed by atoms with Crippen molar-refractivity contribution >= 4 is 16.1 Å². The average Bonchev–Trinajstić information content (AvgIpc) is 2.89. The first kappa shape index (κ1) is 40.8. The van der Waals surface area contributed by atoms with E-state index in [-0.39, 0.29) is 64.4 Å². The van der Waals surface area contributed by atoms with Gasteiger partial charge in [0.1, 0.15) is 37.1 Å². The fourth-order valence-corrected chi connectivity index (χ4v) is 5.27. The van der Waals surface area contributed by atoms with E-state index in [9.17, 15) is 38.2 Å². The van der Waals surface area contributed by atoms with E-state index in [1.54, 1.807) is 0 Å². The Morgan fingerprint density at radius 3 is 1.75 bits per heavy atom. The maximum Gasteiger partial charge on any atom is 1.00 e. The van der Waals surface area contributed by atoms with Crippen molar-refractivity contribution < 1.29 is 104 Å². The Morgan fingerprint density at radius 1 is 0.825 bits per heavy atom. The maximum atomic E-state index is 12.0. The van der Waals surface area contributed by atoms with Crippen LogP contribution in [-0.4, -0.2) is 95.1 Å². The van der Waals surface area contributed by atoms with E-state index in [1.807, 2.05) is 0 Å². The van der Waals surface area contributed by atoms with Crippen LogP contribution in [0, 0.1) is 0 Å². The Labute approximate surface area is 282 Å². The predicted molar refractivity (Wildman–Crippen MR) is 144 cm³/mol. The summed E-state index contributed by atoms with van der Waals surface area (Å²) in [4.78, 5) is 12.0. The molecule has 0 bridgehead atoms. The van der Waals surface area contributed by atoms with E-state index in [2.05, 4.69) is 6.92 Å². The molecule has 1 fully saturated rings. The summed E-state index contributed by atoms with van der Waals surface area (Å²) in [5.74, 6) is -1.61. The molecule has 6 atom stereocenters. The second kappa shape index (κ2) is 24.1. The summed E-state index contributed by atoms with van der Waals surface area (Å²) in [7, 11) is -4.80. The number of carbonyl (C=O) groups is 1. The monoisotopic (exact) mass is 622 g/mol. The predicted octanol–water partition coefficient (Wildman–Crippen LogP) is -0.475. The van der Waals surface area contributed by atoms with Crippen LogP contribution in [0.4, 0.5) is 0 Å². The van der Waals surface area contributed by atoms with Crippen LogP contribution in [-0.2, 0) is 29.1 Å². The number of rotatable bonds is 23. The first-order valence-corrected chi connectivity index (χ1v) is 16.2. The number of esters is 1. The van der Waals surface area contributed by atoms with Crippen LogP contribution < -0.4 is 51.4 Å². The van der Waals surface area contributed by atoms with Crippen LogP contribution in [0.5, 0.6) is 0 Å². The molecule has 0 aromatic carbocycles. The second-order valence-electron chi connectivity index (χ2n) is 10.6. The Balaban J connectivity index is 0.0000152. The minimum absolute atomic E-state index is 0. The first-order chi connectivity index (χ1) is 18.6. The first-order valence-electron chi connectivity index (χ1n) is 14.6. The van der Waals surface area contributed by atoms with Crippen molar-refractivity contribution in [3.05, 3.63) is 0 Å². The van der Waals surface area contributed by atoms with E-state index in [1.165, 1.54) is 70.6 Å². The van der Waals surface area contributed by atoms with Crippen LogP contribution in [0.2, 0.25) is 0 Å².